The van der Waals surface area contributed by atoms with E-state index in [1.165, 1.54) is 38.7 Å². The van der Waals surface area contributed by atoms with E-state index < -0.39 is 0 Å². The zero-order valence-corrected chi connectivity index (χ0v) is 16.7. The molecule has 0 saturated carbocycles. The van der Waals surface area contributed by atoms with E-state index >= 15 is 0 Å². The molecule has 4 aromatic rings. The normalized spacial score (nSPS) is 17.7. The highest BCUT2D eigenvalue weighted by molar-refractivity contribution is 6.09. The summed E-state index contributed by atoms with van der Waals surface area (Å²) in [6, 6.07) is 21.9. The van der Waals surface area contributed by atoms with E-state index in [-0.39, 0.29) is 0 Å². The zero-order valence-electron chi connectivity index (χ0n) is 16.7. The second-order valence-corrected chi connectivity index (χ2v) is 8.11. The number of benzene rings is 3. The summed E-state index contributed by atoms with van der Waals surface area (Å²) in [6.45, 7) is 0.942. The quantitative estimate of drug-likeness (QED) is 0.380. The first-order valence-corrected chi connectivity index (χ1v) is 10.6. The molecule has 0 spiro atoms. The van der Waals surface area contributed by atoms with Crippen LogP contribution in [0.1, 0.15) is 28.4 Å². The summed E-state index contributed by atoms with van der Waals surface area (Å²) in [5.74, 6) is 0. The predicted molar refractivity (Wildman–Crippen MR) is 124 cm³/mol. The number of aromatic nitrogens is 1. The smallest absolute Gasteiger partial charge is 0.150 e. The Kier molecular flexibility index (Phi) is 3.88. The molecule has 2 heterocycles. The van der Waals surface area contributed by atoms with Crippen LogP contribution < -0.4 is 4.90 Å². The summed E-state index contributed by atoms with van der Waals surface area (Å²) < 4.78 is 2.47. The maximum Gasteiger partial charge on any atom is 0.150 e. The van der Waals surface area contributed by atoms with Gasteiger partial charge in [0.05, 0.1) is 6.04 Å². The van der Waals surface area contributed by atoms with Gasteiger partial charge in [0.2, 0.25) is 0 Å². The van der Waals surface area contributed by atoms with Gasteiger partial charge in [0.15, 0.2) is 0 Å². The van der Waals surface area contributed by atoms with Crippen LogP contribution in [0.2, 0.25) is 0 Å². The van der Waals surface area contributed by atoms with Crippen molar-refractivity contribution in [3.63, 3.8) is 0 Å². The second-order valence-electron chi connectivity index (χ2n) is 8.11. The second kappa shape index (κ2) is 6.74. The highest BCUT2D eigenvalue weighted by Gasteiger charge is 2.23. The number of rotatable bonds is 3. The van der Waals surface area contributed by atoms with Crippen LogP contribution in [0.5, 0.6) is 0 Å². The van der Waals surface area contributed by atoms with E-state index in [1.54, 1.807) is 0 Å². The standard InChI is InChI=1S/C27H22N2O/c30-18-19-10-12-25-20(16-19)14-15-28(25)22-11-13-27-24(17-22)23-8-4-5-9-26(23)29(27)21-6-2-1-3-7-21/h1-6,8-13,16-18,21H,7,14-15H2. The summed E-state index contributed by atoms with van der Waals surface area (Å²) >= 11 is 0. The van der Waals surface area contributed by atoms with Crippen LogP contribution in [0, 0.1) is 0 Å². The molecule has 1 aromatic heterocycles. The Morgan fingerprint density at radius 3 is 2.67 bits per heavy atom. The van der Waals surface area contributed by atoms with Gasteiger partial charge in [-0.3, -0.25) is 4.79 Å². The monoisotopic (exact) mass is 390 g/mol. The Balaban J connectivity index is 1.51. The van der Waals surface area contributed by atoms with Crippen molar-refractivity contribution >= 4 is 39.5 Å². The maximum absolute atomic E-state index is 11.1. The number of fused-ring (bicyclic) bond motifs is 4. The highest BCUT2D eigenvalue weighted by Crippen LogP contribution is 2.40. The SMILES string of the molecule is O=Cc1ccc2c(c1)CCN2c1ccc2c(c1)c1ccccc1n2C1C=CC=CC1. The molecule has 3 heteroatoms. The molecule has 0 N–H and O–H groups in total. The Hall–Kier alpha value is -3.59. The molecule has 1 atom stereocenters. The lowest BCUT2D eigenvalue weighted by molar-refractivity contribution is 0.112. The van der Waals surface area contributed by atoms with E-state index in [0.717, 1.165) is 31.2 Å². The third-order valence-corrected chi connectivity index (χ3v) is 6.43. The van der Waals surface area contributed by atoms with Crippen LogP contribution in [0.3, 0.4) is 0 Å². The van der Waals surface area contributed by atoms with Crippen molar-refractivity contribution in [2.75, 3.05) is 11.4 Å². The van der Waals surface area contributed by atoms with Gasteiger partial charge in [-0.25, -0.2) is 0 Å². The first-order valence-electron chi connectivity index (χ1n) is 10.6. The molecule has 3 aromatic carbocycles. The van der Waals surface area contributed by atoms with Gasteiger partial charge in [-0.2, -0.15) is 0 Å². The van der Waals surface area contributed by atoms with Crippen molar-refractivity contribution in [2.24, 2.45) is 0 Å². The van der Waals surface area contributed by atoms with Crippen molar-refractivity contribution in [1.29, 1.82) is 0 Å². The molecule has 1 unspecified atom stereocenters. The van der Waals surface area contributed by atoms with Crippen LogP contribution >= 0.6 is 0 Å². The molecule has 0 radical (unpaired) electrons. The molecule has 0 bridgehead atoms. The molecule has 2 aliphatic rings. The third-order valence-electron chi connectivity index (χ3n) is 6.43. The predicted octanol–water partition coefficient (Wildman–Crippen LogP) is 6.36. The first-order chi connectivity index (χ1) is 14.8. The fraction of sp³-hybridized carbons (Fsp3) is 0.148. The number of para-hydroxylation sites is 1. The minimum absolute atomic E-state index is 0.345. The minimum Gasteiger partial charge on any atom is -0.341 e. The zero-order chi connectivity index (χ0) is 20.1. The molecule has 0 amide bonds. The van der Waals surface area contributed by atoms with Crippen molar-refractivity contribution in [3.05, 3.63) is 96.1 Å². The van der Waals surface area contributed by atoms with Gasteiger partial charge < -0.3 is 9.47 Å². The summed E-state index contributed by atoms with van der Waals surface area (Å²) in [7, 11) is 0. The van der Waals surface area contributed by atoms with Crippen molar-refractivity contribution < 1.29 is 4.79 Å². The summed E-state index contributed by atoms with van der Waals surface area (Å²) in [5.41, 5.74) is 6.99. The maximum atomic E-state index is 11.1. The number of hydrogen-bond acceptors (Lipinski definition) is 2. The van der Waals surface area contributed by atoms with Gasteiger partial charge >= 0.3 is 0 Å². The number of allylic oxidation sites excluding steroid dienone is 4. The topological polar surface area (TPSA) is 25.2 Å². The summed E-state index contributed by atoms with van der Waals surface area (Å²) in [6.07, 6.45) is 11.7. The molecule has 1 aliphatic carbocycles. The van der Waals surface area contributed by atoms with E-state index in [4.69, 9.17) is 0 Å². The molecule has 146 valence electrons. The fourth-order valence-corrected chi connectivity index (χ4v) is 5.04. The molecule has 3 nitrogen and oxygen atoms in total. The molecule has 30 heavy (non-hydrogen) atoms. The fourth-order valence-electron chi connectivity index (χ4n) is 5.04. The van der Waals surface area contributed by atoms with E-state index in [0.29, 0.717) is 6.04 Å². The van der Waals surface area contributed by atoms with E-state index in [9.17, 15) is 4.79 Å². The average molecular weight is 390 g/mol. The van der Waals surface area contributed by atoms with Gasteiger partial charge in [-0.05, 0) is 60.9 Å². The molecule has 0 saturated heterocycles. The summed E-state index contributed by atoms with van der Waals surface area (Å²) in [4.78, 5) is 13.5. The Morgan fingerprint density at radius 1 is 0.900 bits per heavy atom. The Labute approximate surface area is 175 Å². The number of nitrogens with zero attached hydrogens (tertiary/aromatic N) is 2. The van der Waals surface area contributed by atoms with E-state index in [1.807, 2.05) is 12.1 Å². The number of carbonyl (C=O) groups is 1. The highest BCUT2D eigenvalue weighted by atomic mass is 16.1. The van der Waals surface area contributed by atoms with Gasteiger partial charge in [0, 0.05) is 45.3 Å². The third kappa shape index (κ3) is 2.55. The summed E-state index contributed by atoms with van der Waals surface area (Å²) in [5, 5.41) is 2.59. The van der Waals surface area contributed by atoms with Gasteiger partial charge in [-0.1, -0.05) is 42.5 Å². The van der Waals surface area contributed by atoms with Crippen molar-refractivity contribution in [2.45, 2.75) is 18.9 Å². The number of carbonyl (C=O) groups excluding carboxylic acids is 1. The van der Waals surface area contributed by atoms with Crippen LogP contribution in [0.25, 0.3) is 21.8 Å². The lowest BCUT2D eigenvalue weighted by Crippen LogP contribution is -2.13. The lowest BCUT2D eigenvalue weighted by atomic mass is 10.1. The van der Waals surface area contributed by atoms with Crippen molar-refractivity contribution in [1.82, 2.24) is 4.57 Å². The van der Waals surface area contributed by atoms with Crippen LogP contribution in [-0.4, -0.2) is 17.4 Å². The van der Waals surface area contributed by atoms with Crippen molar-refractivity contribution in [3.8, 4) is 0 Å². The number of aldehydes is 1. The first kappa shape index (κ1) is 17.3. The molecular weight excluding hydrogens is 368 g/mol. The molecule has 6 rings (SSSR count). The molecular formula is C27H22N2O. The number of anilines is 2. The van der Waals surface area contributed by atoms with Gasteiger partial charge in [0.1, 0.15) is 6.29 Å². The number of hydrogen-bond donors (Lipinski definition) is 0. The van der Waals surface area contributed by atoms with Crippen LogP contribution in [0.4, 0.5) is 11.4 Å². The Morgan fingerprint density at radius 2 is 1.80 bits per heavy atom. The van der Waals surface area contributed by atoms with Gasteiger partial charge in [0.25, 0.3) is 0 Å². The lowest BCUT2D eigenvalue weighted by Gasteiger charge is -2.21. The molecule has 0 fully saturated rings. The molecule has 1 aliphatic heterocycles. The average Bonchev–Trinajstić information content (AvgIpc) is 3.38. The van der Waals surface area contributed by atoms with Crippen LogP contribution in [0.15, 0.2) is 85.0 Å². The minimum atomic E-state index is 0.345. The van der Waals surface area contributed by atoms with Gasteiger partial charge in [-0.15, -0.1) is 0 Å². The van der Waals surface area contributed by atoms with Crippen LogP contribution in [-0.2, 0) is 6.42 Å². The largest absolute Gasteiger partial charge is 0.341 e. The van der Waals surface area contributed by atoms with E-state index in [2.05, 4.69) is 82.3 Å². The Bertz CT molecular complexity index is 1360.